The first kappa shape index (κ1) is 17.2. The van der Waals surface area contributed by atoms with E-state index < -0.39 is 18.5 Å². The van der Waals surface area contributed by atoms with E-state index in [0.717, 1.165) is 11.1 Å². The summed E-state index contributed by atoms with van der Waals surface area (Å²) in [7, 11) is 0. The van der Waals surface area contributed by atoms with Gasteiger partial charge in [0.2, 0.25) is 0 Å². The van der Waals surface area contributed by atoms with Crippen LogP contribution in [0.4, 0.5) is 5.82 Å². The fourth-order valence-corrected chi connectivity index (χ4v) is 2.18. The van der Waals surface area contributed by atoms with Crippen molar-refractivity contribution < 1.29 is 14.3 Å². The molecule has 0 aliphatic heterocycles. The highest BCUT2D eigenvalue weighted by Crippen LogP contribution is 2.22. The molecule has 1 aromatic carbocycles. The first-order valence-electron chi connectivity index (χ1n) is 6.72. The van der Waals surface area contributed by atoms with E-state index in [1.807, 2.05) is 19.9 Å². The number of esters is 1. The molecule has 2 rings (SSSR count). The molecule has 2 aromatic rings. The Balaban J connectivity index is 1.93. The van der Waals surface area contributed by atoms with E-state index in [1.54, 1.807) is 12.1 Å². The smallest absolute Gasteiger partial charge is 0.338 e. The summed E-state index contributed by atoms with van der Waals surface area (Å²) in [5.41, 5.74) is 2.44. The number of amides is 1. The zero-order valence-corrected chi connectivity index (χ0v) is 14.0. The van der Waals surface area contributed by atoms with Crippen LogP contribution < -0.4 is 5.32 Å². The highest BCUT2D eigenvalue weighted by molar-refractivity contribution is 6.36. The maximum Gasteiger partial charge on any atom is 0.338 e. The van der Waals surface area contributed by atoms with Gasteiger partial charge in [-0.2, -0.15) is 0 Å². The number of anilines is 1. The number of carbonyl (C=O) groups is 2. The molecule has 5 nitrogen and oxygen atoms in total. The number of benzene rings is 1. The number of aromatic nitrogens is 1. The zero-order chi connectivity index (χ0) is 17.0. The van der Waals surface area contributed by atoms with Crippen molar-refractivity contribution in [2.45, 2.75) is 13.8 Å². The molecule has 1 N–H and O–H groups in total. The predicted octanol–water partition coefficient (Wildman–Crippen LogP) is 3.80. The van der Waals surface area contributed by atoms with Crippen molar-refractivity contribution >= 4 is 40.9 Å². The second kappa shape index (κ2) is 7.44. The zero-order valence-electron chi connectivity index (χ0n) is 12.5. The number of rotatable bonds is 4. The van der Waals surface area contributed by atoms with Crippen molar-refractivity contribution in [1.29, 1.82) is 0 Å². The molecular weight excluding hydrogens is 339 g/mol. The summed E-state index contributed by atoms with van der Waals surface area (Å²) in [6.45, 7) is 3.40. The number of hydrogen-bond donors (Lipinski definition) is 1. The Morgan fingerprint density at radius 3 is 2.57 bits per heavy atom. The molecule has 0 saturated heterocycles. The molecule has 7 heteroatoms. The number of pyridine rings is 1. The van der Waals surface area contributed by atoms with Crippen LogP contribution in [0.1, 0.15) is 21.5 Å². The third-order valence-corrected chi connectivity index (χ3v) is 3.64. The van der Waals surface area contributed by atoms with Gasteiger partial charge in [0.15, 0.2) is 12.4 Å². The average molecular weight is 353 g/mol. The molecule has 23 heavy (non-hydrogen) atoms. The SMILES string of the molecule is Cc1ccc(C(=O)OCC(=O)Nc2ncc(Cl)cc2Cl)cc1C. The Morgan fingerprint density at radius 1 is 1.17 bits per heavy atom. The molecule has 1 amide bonds. The molecule has 0 bridgehead atoms. The van der Waals surface area contributed by atoms with E-state index in [-0.39, 0.29) is 10.8 Å². The fraction of sp³-hybridized carbons (Fsp3) is 0.188. The minimum atomic E-state index is -0.571. The van der Waals surface area contributed by atoms with E-state index in [0.29, 0.717) is 10.6 Å². The number of nitrogens with zero attached hydrogens (tertiary/aromatic N) is 1. The highest BCUT2D eigenvalue weighted by Gasteiger charge is 2.13. The number of halogens is 2. The predicted molar refractivity (Wildman–Crippen MR) is 89.1 cm³/mol. The topological polar surface area (TPSA) is 68.3 Å². The van der Waals surface area contributed by atoms with E-state index >= 15 is 0 Å². The van der Waals surface area contributed by atoms with Gasteiger partial charge in [-0.1, -0.05) is 29.3 Å². The van der Waals surface area contributed by atoms with Crippen LogP contribution in [0.2, 0.25) is 10.0 Å². The van der Waals surface area contributed by atoms with Gasteiger partial charge in [-0.05, 0) is 43.2 Å². The van der Waals surface area contributed by atoms with Crippen molar-refractivity contribution in [3.8, 4) is 0 Å². The molecule has 0 aliphatic rings. The van der Waals surface area contributed by atoms with Gasteiger partial charge in [-0.15, -0.1) is 0 Å². The molecule has 0 radical (unpaired) electrons. The Morgan fingerprint density at radius 2 is 1.91 bits per heavy atom. The fourth-order valence-electron chi connectivity index (χ4n) is 1.76. The molecule has 0 saturated carbocycles. The van der Waals surface area contributed by atoms with Gasteiger partial charge in [0.1, 0.15) is 0 Å². The van der Waals surface area contributed by atoms with E-state index in [2.05, 4.69) is 10.3 Å². The molecule has 120 valence electrons. The van der Waals surface area contributed by atoms with Crippen molar-refractivity contribution in [3.63, 3.8) is 0 Å². The Labute approximate surface area is 143 Å². The summed E-state index contributed by atoms with van der Waals surface area (Å²) in [6, 6.07) is 6.64. The Bertz CT molecular complexity index is 763. The van der Waals surface area contributed by atoms with Gasteiger partial charge in [-0.25, -0.2) is 9.78 Å². The lowest BCUT2D eigenvalue weighted by Gasteiger charge is -2.08. The van der Waals surface area contributed by atoms with Gasteiger partial charge in [0.05, 0.1) is 15.6 Å². The minimum absolute atomic E-state index is 0.156. The lowest BCUT2D eigenvalue weighted by Crippen LogP contribution is -2.21. The lowest BCUT2D eigenvalue weighted by atomic mass is 10.1. The summed E-state index contributed by atoms with van der Waals surface area (Å²) >= 11 is 11.6. The monoisotopic (exact) mass is 352 g/mol. The maximum absolute atomic E-state index is 11.9. The van der Waals surface area contributed by atoms with E-state index in [1.165, 1.54) is 12.3 Å². The molecule has 0 unspecified atom stereocenters. The molecule has 0 aliphatic carbocycles. The van der Waals surface area contributed by atoms with Crippen LogP contribution >= 0.6 is 23.2 Å². The summed E-state index contributed by atoms with van der Waals surface area (Å²) in [5.74, 6) is -0.958. The van der Waals surface area contributed by atoms with Gasteiger partial charge in [0, 0.05) is 6.20 Å². The minimum Gasteiger partial charge on any atom is -0.452 e. The summed E-state index contributed by atoms with van der Waals surface area (Å²) < 4.78 is 4.97. The van der Waals surface area contributed by atoms with Gasteiger partial charge >= 0.3 is 5.97 Å². The van der Waals surface area contributed by atoms with Crippen LogP contribution in [-0.2, 0) is 9.53 Å². The molecular formula is C16H14Cl2N2O3. The molecule has 1 heterocycles. The number of aryl methyl sites for hydroxylation is 2. The highest BCUT2D eigenvalue weighted by atomic mass is 35.5. The van der Waals surface area contributed by atoms with E-state index in [9.17, 15) is 9.59 Å². The quantitative estimate of drug-likeness (QED) is 0.849. The Hall–Kier alpha value is -2.11. The van der Waals surface area contributed by atoms with Crippen molar-refractivity contribution in [2.75, 3.05) is 11.9 Å². The largest absolute Gasteiger partial charge is 0.452 e. The first-order valence-corrected chi connectivity index (χ1v) is 7.47. The molecule has 0 spiro atoms. The lowest BCUT2D eigenvalue weighted by molar-refractivity contribution is -0.119. The average Bonchev–Trinajstić information content (AvgIpc) is 2.50. The van der Waals surface area contributed by atoms with Crippen LogP contribution in [0.5, 0.6) is 0 Å². The Kier molecular flexibility index (Phi) is 5.58. The maximum atomic E-state index is 11.9. The van der Waals surface area contributed by atoms with Crippen molar-refractivity contribution in [3.05, 3.63) is 57.2 Å². The third kappa shape index (κ3) is 4.68. The summed E-state index contributed by atoms with van der Waals surface area (Å²) in [4.78, 5) is 27.6. The van der Waals surface area contributed by atoms with Gasteiger partial charge in [-0.3, -0.25) is 4.79 Å². The first-order chi connectivity index (χ1) is 10.9. The van der Waals surface area contributed by atoms with Crippen molar-refractivity contribution in [1.82, 2.24) is 4.98 Å². The number of nitrogens with one attached hydrogen (secondary N) is 1. The number of ether oxygens (including phenoxy) is 1. The molecule has 0 fully saturated rings. The molecule has 1 aromatic heterocycles. The second-order valence-corrected chi connectivity index (χ2v) is 5.75. The molecule has 0 atom stereocenters. The second-order valence-electron chi connectivity index (χ2n) is 4.91. The van der Waals surface area contributed by atoms with Crippen LogP contribution in [-0.4, -0.2) is 23.5 Å². The van der Waals surface area contributed by atoms with Crippen molar-refractivity contribution in [2.24, 2.45) is 0 Å². The number of carbonyl (C=O) groups excluding carboxylic acids is 2. The van der Waals surface area contributed by atoms with E-state index in [4.69, 9.17) is 27.9 Å². The van der Waals surface area contributed by atoms with Crippen LogP contribution in [0, 0.1) is 13.8 Å². The standard InChI is InChI=1S/C16H14Cl2N2O3/c1-9-3-4-11(5-10(9)2)16(22)23-8-14(21)20-15-13(18)6-12(17)7-19-15/h3-7H,8H2,1-2H3,(H,19,20,21). The summed E-state index contributed by atoms with van der Waals surface area (Å²) in [6.07, 6.45) is 1.35. The van der Waals surface area contributed by atoms with Crippen LogP contribution in [0.3, 0.4) is 0 Å². The van der Waals surface area contributed by atoms with Crippen LogP contribution in [0.25, 0.3) is 0 Å². The van der Waals surface area contributed by atoms with Gasteiger partial charge < -0.3 is 10.1 Å². The summed E-state index contributed by atoms with van der Waals surface area (Å²) in [5, 5.41) is 3.00. The van der Waals surface area contributed by atoms with Gasteiger partial charge in [0.25, 0.3) is 5.91 Å². The third-order valence-electron chi connectivity index (χ3n) is 3.14. The van der Waals surface area contributed by atoms with Crippen LogP contribution in [0.15, 0.2) is 30.5 Å². The normalized spacial score (nSPS) is 10.3. The number of hydrogen-bond acceptors (Lipinski definition) is 4.